The average Bonchev–Trinajstić information content (AvgIpc) is 3.27. The molecule has 1 aliphatic heterocycles. The highest BCUT2D eigenvalue weighted by Crippen LogP contribution is 2.58. The number of benzene rings is 1. The molecule has 1 aliphatic carbocycles. The number of carbonyl (C=O) groups excluding carboxylic acids is 2. The quantitative estimate of drug-likeness (QED) is 0.764. The van der Waals surface area contributed by atoms with E-state index in [9.17, 15) is 22.8 Å². The Morgan fingerprint density at radius 2 is 1.96 bits per heavy atom. The van der Waals surface area contributed by atoms with Gasteiger partial charge in [-0.2, -0.15) is 13.2 Å². The second kappa shape index (κ2) is 6.90. The maximum Gasteiger partial charge on any atom is 0.405 e. The van der Waals surface area contributed by atoms with Gasteiger partial charge in [0.15, 0.2) is 0 Å². The third-order valence-corrected chi connectivity index (χ3v) is 5.31. The third-order valence-electron chi connectivity index (χ3n) is 5.31. The molecule has 26 heavy (non-hydrogen) atoms. The van der Waals surface area contributed by atoms with Crippen LogP contribution in [0.3, 0.4) is 0 Å². The molecule has 0 bridgehead atoms. The van der Waals surface area contributed by atoms with Crippen LogP contribution in [0.2, 0.25) is 0 Å². The van der Waals surface area contributed by atoms with Crippen molar-refractivity contribution in [3.8, 4) is 0 Å². The Kier molecular flexibility index (Phi) is 4.96. The molecule has 1 atom stereocenters. The fourth-order valence-corrected chi connectivity index (χ4v) is 3.60. The van der Waals surface area contributed by atoms with E-state index in [0.717, 1.165) is 37.9 Å². The summed E-state index contributed by atoms with van der Waals surface area (Å²) >= 11 is 0. The minimum absolute atomic E-state index is 0.0355. The molecule has 2 fully saturated rings. The Labute approximate surface area is 149 Å². The Balaban J connectivity index is 1.64. The zero-order chi connectivity index (χ0) is 18.9. The molecule has 1 spiro atoms. The number of alkyl halides is 3. The first-order valence-corrected chi connectivity index (χ1v) is 8.67. The Bertz CT molecular complexity index is 712. The van der Waals surface area contributed by atoms with E-state index in [2.05, 4.69) is 10.6 Å². The predicted molar refractivity (Wildman–Crippen MR) is 90.8 cm³/mol. The van der Waals surface area contributed by atoms with Crippen molar-refractivity contribution < 1.29 is 22.8 Å². The Hall–Kier alpha value is -2.09. The molecule has 0 radical (unpaired) electrons. The van der Waals surface area contributed by atoms with Crippen LogP contribution in [0, 0.1) is 18.3 Å². The number of aryl methyl sites for hydroxylation is 1. The maximum atomic E-state index is 12.6. The lowest BCUT2D eigenvalue weighted by Gasteiger charge is -2.23. The highest BCUT2D eigenvalue weighted by molar-refractivity contribution is 5.99. The minimum atomic E-state index is -4.47. The van der Waals surface area contributed by atoms with Crippen molar-refractivity contribution in [2.24, 2.45) is 11.3 Å². The molecule has 1 saturated carbocycles. The van der Waals surface area contributed by atoms with E-state index in [-0.39, 0.29) is 22.8 Å². The van der Waals surface area contributed by atoms with Gasteiger partial charge in [0.1, 0.15) is 6.54 Å². The molecule has 1 aromatic carbocycles. The van der Waals surface area contributed by atoms with Crippen LogP contribution >= 0.6 is 0 Å². The maximum absolute atomic E-state index is 12.6. The van der Waals surface area contributed by atoms with Crippen molar-refractivity contribution >= 4 is 17.5 Å². The zero-order valence-electron chi connectivity index (χ0n) is 14.5. The molecule has 0 aromatic heterocycles. The van der Waals surface area contributed by atoms with E-state index >= 15 is 0 Å². The van der Waals surface area contributed by atoms with Crippen LogP contribution in [-0.2, 0) is 4.79 Å². The molecular formula is C18H22F3N3O2. The van der Waals surface area contributed by atoms with Crippen LogP contribution < -0.4 is 16.0 Å². The van der Waals surface area contributed by atoms with Gasteiger partial charge in [0.25, 0.3) is 5.91 Å². The molecule has 8 heteroatoms. The molecule has 142 valence electrons. The van der Waals surface area contributed by atoms with E-state index < -0.39 is 18.6 Å². The standard InChI is InChI=1S/C18H22F3N3O2/c1-11-2-3-12(15(25)23-10-18(19,20)21)8-14(11)24-16(26)13-9-17(13)4-6-22-7-5-17/h2-3,8,13,22H,4-7,9-10H2,1H3,(H,23,25)(H,24,26). The van der Waals surface area contributed by atoms with E-state index in [1.165, 1.54) is 12.1 Å². The van der Waals surface area contributed by atoms with Gasteiger partial charge in [0.2, 0.25) is 5.91 Å². The van der Waals surface area contributed by atoms with E-state index in [0.29, 0.717) is 5.69 Å². The number of rotatable bonds is 4. The third kappa shape index (κ3) is 4.17. The van der Waals surface area contributed by atoms with Crippen LogP contribution in [0.15, 0.2) is 18.2 Å². The van der Waals surface area contributed by atoms with Crippen LogP contribution in [-0.4, -0.2) is 37.6 Å². The summed E-state index contributed by atoms with van der Waals surface area (Å²) in [5.41, 5.74) is 1.39. The smallest absolute Gasteiger partial charge is 0.343 e. The summed E-state index contributed by atoms with van der Waals surface area (Å²) in [5, 5.41) is 7.97. The second-order valence-electron chi connectivity index (χ2n) is 7.19. The zero-order valence-corrected chi connectivity index (χ0v) is 14.5. The lowest BCUT2D eigenvalue weighted by molar-refractivity contribution is -0.123. The van der Waals surface area contributed by atoms with Crippen molar-refractivity contribution in [3.05, 3.63) is 29.3 Å². The van der Waals surface area contributed by atoms with Crippen molar-refractivity contribution in [2.75, 3.05) is 25.0 Å². The molecule has 2 aliphatic rings. The minimum Gasteiger partial charge on any atom is -0.343 e. The van der Waals surface area contributed by atoms with Crippen LogP contribution in [0.5, 0.6) is 0 Å². The second-order valence-corrected chi connectivity index (χ2v) is 7.19. The molecular weight excluding hydrogens is 347 g/mol. The summed E-state index contributed by atoms with van der Waals surface area (Å²) in [6, 6.07) is 4.49. The normalized spacial score (nSPS) is 21.3. The van der Waals surface area contributed by atoms with Gasteiger partial charge in [0, 0.05) is 17.2 Å². The molecule has 1 heterocycles. The number of anilines is 1. The largest absolute Gasteiger partial charge is 0.405 e. The van der Waals surface area contributed by atoms with Gasteiger partial charge >= 0.3 is 6.18 Å². The molecule has 3 N–H and O–H groups in total. The van der Waals surface area contributed by atoms with Gasteiger partial charge in [-0.15, -0.1) is 0 Å². The van der Waals surface area contributed by atoms with Crippen molar-refractivity contribution in [2.45, 2.75) is 32.4 Å². The van der Waals surface area contributed by atoms with Crippen molar-refractivity contribution in [1.82, 2.24) is 10.6 Å². The number of nitrogens with one attached hydrogen (secondary N) is 3. The summed E-state index contributed by atoms with van der Waals surface area (Å²) < 4.78 is 36.7. The fourth-order valence-electron chi connectivity index (χ4n) is 3.60. The number of amides is 2. The lowest BCUT2D eigenvalue weighted by atomic mass is 9.91. The van der Waals surface area contributed by atoms with Crippen LogP contribution in [0.25, 0.3) is 0 Å². The summed E-state index contributed by atoms with van der Waals surface area (Å²) in [5.74, 6) is -0.936. The summed E-state index contributed by atoms with van der Waals surface area (Å²) in [7, 11) is 0. The van der Waals surface area contributed by atoms with Gasteiger partial charge in [-0.3, -0.25) is 9.59 Å². The first-order chi connectivity index (χ1) is 12.2. The van der Waals surface area contributed by atoms with Gasteiger partial charge in [-0.1, -0.05) is 6.07 Å². The molecule has 5 nitrogen and oxygen atoms in total. The van der Waals surface area contributed by atoms with E-state index in [4.69, 9.17) is 0 Å². The predicted octanol–water partition coefficient (Wildman–Crippen LogP) is 2.62. The Morgan fingerprint density at radius 3 is 2.62 bits per heavy atom. The summed E-state index contributed by atoms with van der Waals surface area (Å²) in [6.07, 6.45) is -1.65. The van der Waals surface area contributed by atoms with Crippen LogP contribution in [0.1, 0.15) is 35.2 Å². The lowest BCUT2D eigenvalue weighted by Crippen LogP contribution is -2.33. The summed E-state index contributed by atoms with van der Waals surface area (Å²) in [6.45, 7) is 2.22. The molecule has 1 saturated heterocycles. The van der Waals surface area contributed by atoms with E-state index in [1.54, 1.807) is 13.0 Å². The van der Waals surface area contributed by atoms with Gasteiger partial charge < -0.3 is 16.0 Å². The van der Waals surface area contributed by atoms with E-state index in [1.807, 2.05) is 5.32 Å². The SMILES string of the molecule is Cc1ccc(C(=O)NCC(F)(F)F)cc1NC(=O)C1CC12CCNCC2. The summed E-state index contributed by atoms with van der Waals surface area (Å²) in [4.78, 5) is 24.5. The fraction of sp³-hybridized carbons (Fsp3) is 0.556. The van der Waals surface area contributed by atoms with Crippen molar-refractivity contribution in [1.29, 1.82) is 0 Å². The molecule has 1 aromatic rings. The number of piperidine rings is 1. The number of carbonyl (C=O) groups is 2. The van der Waals surface area contributed by atoms with Crippen LogP contribution in [0.4, 0.5) is 18.9 Å². The Morgan fingerprint density at radius 1 is 1.27 bits per heavy atom. The van der Waals surface area contributed by atoms with Gasteiger partial charge in [-0.25, -0.2) is 0 Å². The number of halogens is 3. The monoisotopic (exact) mass is 369 g/mol. The molecule has 2 amide bonds. The number of hydrogen-bond acceptors (Lipinski definition) is 3. The average molecular weight is 369 g/mol. The topological polar surface area (TPSA) is 70.2 Å². The first kappa shape index (κ1) is 18.7. The molecule has 1 unspecified atom stereocenters. The van der Waals surface area contributed by atoms with Crippen molar-refractivity contribution in [3.63, 3.8) is 0 Å². The molecule has 3 rings (SSSR count). The highest BCUT2D eigenvalue weighted by atomic mass is 19.4. The van der Waals surface area contributed by atoms with Gasteiger partial charge in [0.05, 0.1) is 0 Å². The van der Waals surface area contributed by atoms with Gasteiger partial charge in [-0.05, 0) is 62.4 Å². The number of hydrogen-bond donors (Lipinski definition) is 3. The first-order valence-electron chi connectivity index (χ1n) is 8.67. The highest BCUT2D eigenvalue weighted by Gasteiger charge is 2.57.